The number of benzene rings is 2. The molecule has 2 aromatic carbocycles. The smallest absolute Gasteiger partial charge is 0.261 e. The minimum Gasteiger partial charge on any atom is -0.351 e. The van der Waals surface area contributed by atoms with Crippen LogP contribution in [0.3, 0.4) is 0 Å². The number of nitrogens with one attached hydrogen (secondary N) is 1. The molecular formula is C24H22FN5OS. The van der Waals surface area contributed by atoms with E-state index in [-0.39, 0.29) is 11.7 Å². The number of amides is 1. The number of para-hydroxylation sites is 2. The number of carbonyl (C=O) groups excluding carboxylic acids is 1. The molecule has 0 aliphatic carbocycles. The molecule has 0 fully saturated rings. The van der Waals surface area contributed by atoms with E-state index in [1.165, 1.54) is 23.5 Å². The number of fused-ring (bicyclic) bond motifs is 2. The fourth-order valence-electron chi connectivity index (χ4n) is 3.82. The summed E-state index contributed by atoms with van der Waals surface area (Å²) in [6.07, 6.45) is 2.66. The first kappa shape index (κ1) is 20.4. The van der Waals surface area contributed by atoms with Gasteiger partial charge in [0, 0.05) is 18.5 Å². The zero-order valence-electron chi connectivity index (χ0n) is 17.6. The van der Waals surface area contributed by atoms with Crippen LogP contribution in [0.1, 0.15) is 27.3 Å². The van der Waals surface area contributed by atoms with E-state index in [1.54, 1.807) is 12.1 Å². The number of aromatic nitrogens is 4. The van der Waals surface area contributed by atoms with Gasteiger partial charge in [-0.05, 0) is 49.2 Å². The molecule has 0 atom stereocenters. The summed E-state index contributed by atoms with van der Waals surface area (Å²) in [5, 5.41) is 8.59. The molecule has 0 radical (unpaired) electrons. The van der Waals surface area contributed by atoms with Gasteiger partial charge in [-0.15, -0.1) is 11.3 Å². The number of imidazole rings is 1. The van der Waals surface area contributed by atoms with Crippen molar-refractivity contribution in [3.63, 3.8) is 0 Å². The summed E-state index contributed by atoms with van der Waals surface area (Å²) < 4.78 is 17.2. The summed E-state index contributed by atoms with van der Waals surface area (Å²) >= 11 is 1.43. The normalized spacial score (nSPS) is 11.4. The lowest BCUT2D eigenvalue weighted by molar-refractivity contribution is 0.0957. The lowest BCUT2D eigenvalue weighted by atomic mass is 10.2. The van der Waals surface area contributed by atoms with Crippen LogP contribution in [0.15, 0.2) is 60.9 Å². The summed E-state index contributed by atoms with van der Waals surface area (Å²) in [4.78, 5) is 18.7. The molecule has 0 spiro atoms. The van der Waals surface area contributed by atoms with Crippen molar-refractivity contribution in [1.29, 1.82) is 0 Å². The van der Waals surface area contributed by atoms with Gasteiger partial charge in [0.05, 0.1) is 34.5 Å². The molecule has 5 rings (SSSR count). The largest absolute Gasteiger partial charge is 0.351 e. The Morgan fingerprint density at radius 1 is 1.16 bits per heavy atom. The van der Waals surface area contributed by atoms with Gasteiger partial charge < -0.3 is 9.88 Å². The zero-order chi connectivity index (χ0) is 22.1. The third kappa shape index (κ3) is 4.01. The third-order valence-electron chi connectivity index (χ3n) is 5.47. The van der Waals surface area contributed by atoms with Crippen LogP contribution in [0.4, 0.5) is 4.39 Å². The van der Waals surface area contributed by atoms with Crippen LogP contribution in [0, 0.1) is 12.7 Å². The molecule has 0 saturated carbocycles. The summed E-state index contributed by atoms with van der Waals surface area (Å²) in [7, 11) is 0. The van der Waals surface area contributed by atoms with Crippen LogP contribution in [-0.2, 0) is 13.1 Å². The molecule has 0 saturated heterocycles. The van der Waals surface area contributed by atoms with Gasteiger partial charge >= 0.3 is 0 Å². The van der Waals surface area contributed by atoms with Crippen molar-refractivity contribution in [3.05, 3.63) is 82.9 Å². The minimum atomic E-state index is -0.258. The summed E-state index contributed by atoms with van der Waals surface area (Å²) in [5.41, 5.74) is 3.92. The second-order valence-electron chi connectivity index (χ2n) is 7.74. The number of hydrogen-bond donors (Lipinski definition) is 1. The van der Waals surface area contributed by atoms with Crippen molar-refractivity contribution >= 4 is 38.5 Å². The summed E-state index contributed by atoms with van der Waals surface area (Å²) in [6, 6.07) is 16.3. The SMILES string of the molecule is Cc1nn(Cc2ccc(F)cc2)c2sc(C(=O)NCCCn3cnc4ccccc43)cc12. The first-order valence-electron chi connectivity index (χ1n) is 10.5. The van der Waals surface area contributed by atoms with Crippen LogP contribution in [-0.4, -0.2) is 31.8 Å². The zero-order valence-corrected chi connectivity index (χ0v) is 18.4. The highest BCUT2D eigenvalue weighted by Gasteiger charge is 2.16. The van der Waals surface area contributed by atoms with Crippen LogP contribution in [0.25, 0.3) is 21.3 Å². The van der Waals surface area contributed by atoms with Crippen molar-refractivity contribution in [2.75, 3.05) is 6.54 Å². The molecule has 0 aliphatic rings. The van der Waals surface area contributed by atoms with Crippen LogP contribution in [0.5, 0.6) is 0 Å². The van der Waals surface area contributed by atoms with E-state index in [2.05, 4.69) is 26.0 Å². The number of rotatable bonds is 7. The maximum absolute atomic E-state index is 13.2. The average molecular weight is 448 g/mol. The molecule has 3 aromatic heterocycles. The van der Waals surface area contributed by atoms with E-state index >= 15 is 0 Å². The Morgan fingerprint density at radius 2 is 1.97 bits per heavy atom. The van der Waals surface area contributed by atoms with Crippen LogP contribution >= 0.6 is 11.3 Å². The number of halogens is 1. The molecular weight excluding hydrogens is 425 g/mol. The topological polar surface area (TPSA) is 64.7 Å². The van der Waals surface area contributed by atoms with E-state index in [4.69, 9.17) is 0 Å². The number of carbonyl (C=O) groups is 1. The molecule has 0 aliphatic heterocycles. The number of hydrogen-bond acceptors (Lipinski definition) is 4. The minimum absolute atomic E-state index is 0.0746. The molecule has 0 bridgehead atoms. The van der Waals surface area contributed by atoms with Gasteiger partial charge in [0.15, 0.2) is 0 Å². The second-order valence-corrected chi connectivity index (χ2v) is 8.77. The molecule has 32 heavy (non-hydrogen) atoms. The van der Waals surface area contributed by atoms with E-state index < -0.39 is 0 Å². The maximum atomic E-state index is 13.2. The van der Waals surface area contributed by atoms with E-state index in [0.717, 1.165) is 45.5 Å². The number of aryl methyl sites for hydroxylation is 2. The van der Waals surface area contributed by atoms with E-state index in [0.29, 0.717) is 18.0 Å². The molecule has 1 amide bonds. The first-order chi connectivity index (χ1) is 15.6. The highest BCUT2D eigenvalue weighted by molar-refractivity contribution is 7.20. The van der Waals surface area contributed by atoms with Gasteiger partial charge in [-0.25, -0.2) is 9.37 Å². The standard InChI is InChI=1S/C24H22FN5OS/c1-16-19-13-22(32-24(19)30(28-16)14-17-7-9-18(25)10-8-17)23(31)26-11-4-12-29-15-27-20-5-2-3-6-21(20)29/h2-3,5-10,13,15H,4,11-12,14H2,1H3,(H,26,31). The Labute approximate surface area is 188 Å². The van der Waals surface area contributed by atoms with Crippen molar-refractivity contribution in [2.24, 2.45) is 0 Å². The van der Waals surface area contributed by atoms with Crippen molar-refractivity contribution in [3.8, 4) is 0 Å². The Morgan fingerprint density at radius 3 is 2.81 bits per heavy atom. The second kappa shape index (κ2) is 8.55. The summed E-state index contributed by atoms with van der Waals surface area (Å²) in [5.74, 6) is -0.332. The maximum Gasteiger partial charge on any atom is 0.261 e. The van der Waals surface area contributed by atoms with Crippen molar-refractivity contribution < 1.29 is 9.18 Å². The first-order valence-corrected chi connectivity index (χ1v) is 11.3. The number of nitrogens with zero attached hydrogens (tertiary/aromatic N) is 4. The van der Waals surface area contributed by atoms with Gasteiger partial charge in [-0.1, -0.05) is 24.3 Å². The molecule has 162 valence electrons. The Bertz CT molecular complexity index is 1400. The quantitative estimate of drug-likeness (QED) is 0.366. The van der Waals surface area contributed by atoms with Gasteiger partial charge in [-0.2, -0.15) is 5.10 Å². The molecule has 8 heteroatoms. The predicted octanol–water partition coefficient (Wildman–Crippen LogP) is 4.76. The lowest BCUT2D eigenvalue weighted by Gasteiger charge is -2.06. The lowest BCUT2D eigenvalue weighted by Crippen LogP contribution is -2.24. The molecule has 3 heterocycles. The van der Waals surface area contributed by atoms with Crippen molar-refractivity contribution in [1.82, 2.24) is 24.6 Å². The monoisotopic (exact) mass is 447 g/mol. The molecule has 1 N–H and O–H groups in total. The van der Waals surface area contributed by atoms with Gasteiger partial charge in [0.1, 0.15) is 10.6 Å². The molecule has 6 nitrogen and oxygen atoms in total. The highest BCUT2D eigenvalue weighted by Crippen LogP contribution is 2.29. The fourth-order valence-corrected chi connectivity index (χ4v) is 4.90. The molecule has 5 aromatic rings. The molecule has 0 unspecified atom stereocenters. The van der Waals surface area contributed by atoms with E-state index in [9.17, 15) is 9.18 Å². The number of thiophene rings is 1. The van der Waals surface area contributed by atoms with Gasteiger partial charge in [0.25, 0.3) is 5.91 Å². The summed E-state index contributed by atoms with van der Waals surface area (Å²) in [6.45, 7) is 3.84. The average Bonchev–Trinajstić information content (AvgIpc) is 3.49. The van der Waals surface area contributed by atoms with E-state index in [1.807, 2.05) is 42.2 Å². The van der Waals surface area contributed by atoms with Crippen LogP contribution in [0.2, 0.25) is 0 Å². The Hall–Kier alpha value is -3.52. The van der Waals surface area contributed by atoms with Crippen LogP contribution < -0.4 is 5.32 Å². The highest BCUT2D eigenvalue weighted by atomic mass is 32.1. The van der Waals surface area contributed by atoms with Crippen molar-refractivity contribution in [2.45, 2.75) is 26.4 Å². The third-order valence-corrected chi connectivity index (χ3v) is 6.61. The Kier molecular flexibility index (Phi) is 5.45. The predicted molar refractivity (Wildman–Crippen MR) is 125 cm³/mol. The Balaban J connectivity index is 1.23. The van der Waals surface area contributed by atoms with Gasteiger partial charge in [-0.3, -0.25) is 9.48 Å². The fraction of sp³-hybridized carbons (Fsp3) is 0.208. The van der Waals surface area contributed by atoms with Gasteiger partial charge in [0.2, 0.25) is 0 Å².